The molecule has 0 bridgehead atoms. The van der Waals surface area contributed by atoms with Crippen LogP contribution in [0.5, 0.6) is 0 Å². The van der Waals surface area contributed by atoms with Crippen molar-refractivity contribution < 1.29 is 9.47 Å². The lowest BCUT2D eigenvalue weighted by atomic mass is 10.3. The summed E-state index contributed by atoms with van der Waals surface area (Å²) in [6.07, 6.45) is 3.08. The number of rotatable bonds is 5. The molecule has 2 heteroatoms. The van der Waals surface area contributed by atoms with E-state index in [2.05, 4.69) is 13.8 Å². The highest BCUT2D eigenvalue weighted by atomic mass is 16.6. The van der Waals surface area contributed by atoms with Crippen molar-refractivity contribution >= 4 is 0 Å². The van der Waals surface area contributed by atoms with Gasteiger partial charge in [-0.1, -0.05) is 13.3 Å². The maximum absolute atomic E-state index is 5.48. The van der Waals surface area contributed by atoms with Crippen LogP contribution in [-0.4, -0.2) is 25.4 Å². The van der Waals surface area contributed by atoms with Gasteiger partial charge in [-0.05, 0) is 13.3 Å². The SMILES string of the molecule is CCCCO[C@H](C)[C@@H]1CO1. The van der Waals surface area contributed by atoms with Gasteiger partial charge in [-0.2, -0.15) is 0 Å². The number of ether oxygens (including phenoxy) is 2. The number of hydrogen-bond acceptors (Lipinski definition) is 2. The molecule has 0 N–H and O–H groups in total. The molecule has 0 amide bonds. The van der Waals surface area contributed by atoms with Crippen LogP contribution in [0.25, 0.3) is 0 Å². The van der Waals surface area contributed by atoms with E-state index in [1.807, 2.05) is 0 Å². The lowest BCUT2D eigenvalue weighted by Crippen LogP contribution is -2.15. The van der Waals surface area contributed by atoms with Crippen molar-refractivity contribution in [3.8, 4) is 0 Å². The van der Waals surface area contributed by atoms with E-state index in [4.69, 9.17) is 9.47 Å². The van der Waals surface area contributed by atoms with E-state index < -0.39 is 0 Å². The minimum atomic E-state index is 0.312. The maximum Gasteiger partial charge on any atom is 0.107 e. The van der Waals surface area contributed by atoms with E-state index in [0.29, 0.717) is 12.2 Å². The molecule has 1 fully saturated rings. The average Bonchev–Trinajstić information content (AvgIpc) is 2.69. The van der Waals surface area contributed by atoms with Crippen molar-refractivity contribution in [3.63, 3.8) is 0 Å². The van der Waals surface area contributed by atoms with Crippen molar-refractivity contribution in [3.05, 3.63) is 0 Å². The molecule has 1 rings (SSSR count). The molecule has 1 aliphatic rings. The molecule has 2 atom stereocenters. The summed E-state index contributed by atoms with van der Waals surface area (Å²) in [6.45, 7) is 6.03. The third-order valence-electron chi connectivity index (χ3n) is 1.76. The Labute approximate surface area is 62.5 Å². The smallest absolute Gasteiger partial charge is 0.107 e. The van der Waals surface area contributed by atoms with Crippen LogP contribution >= 0.6 is 0 Å². The summed E-state index contributed by atoms with van der Waals surface area (Å²) in [5.41, 5.74) is 0. The van der Waals surface area contributed by atoms with Gasteiger partial charge in [-0.15, -0.1) is 0 Å². The molecule has 0 aromatic carbocycles. The lowest BCUT2D eigenvalue weighted by molar-refractivity contribution is 0.0442. The second-order valence-electron chi connectivity index (χ2n) is 2.80. The highest BCUT2D eigenvalue weighted by Crippen LogP contribution is 2.16. The predicted molar refractivity (Wildman–Crippen MR) is 40.1 cm³/mol. The molecule has 0 spiro atoms. The van der Waals surface area contributed by atoms with Crippen LogP contribution in [0.3, 0.4) is 0 Å². The Morgan fingerprint density at radius 3 is 2.90 bits per heavy atom. The van der Waals surface area contributed by atoms with Crippen LogP contribution in [0.15, 0.2) is 0 Å². The maximum atomic E-state index is 5.48. The summed E-state index contributed by atoms with van der Waals surface area (Å²) in [5.74, 6) is 0. The first-order chi connectivity index (χ1) is 4.84. The topological polar surface area (TPSA) is 21.8 Å². The van der Waals surface area contributed by atoms with Crippen LogP contribution < -0.4 is 0 Å². The summed E-state index contributed by atoms with van der Waals surface area (Å²) in [7, 11) is 0. The molecular weight excluding hydrogens is 128 g/mol. The van der Waals surface area contributed by atoms with Crippen molar-refractivity contribution in [2.75, 3.05) is 13.2 Å². The second-order valence-corrected chi connectivity index (χ2v) is 2.80. The van der Waals surface area contributed by atoms with Gasteiger partial charge < -0.3 is 9.47 Å². The summed E-state index contributed by atoms with van der Waals surface area (Å²) in [4.78, 5) is 0. The zero-order valence-corrected chi connectivity index (χ0v) is 6.80. The van der Waals surface area contributed by atoms with Crippen LogP contribution in [0.1, 0.15) is 26.7 Å². The Balaban J connectivity index is 1.90. The first kappa shape index (κ1) is 8.02. The minimum absolute atomic E-state index is 0.312. The van der Waals surface area contributed by atoms with E-state index in [0.717, 1.165) is 19.6 Å². The molecule has 0 aromatic heterocycles. The van der Waals surface area contributed by atoms with E-state index in [1.165, 1.54) is 6.42 Å². The molecule has 2 nitrogen and oxygen atoms in total. The van der Waals surface area contributed by atoms with Gasteiger partial charge in [0, 0.05) is 6.61 Å². The molecule has 0 radical (unpaired) electrons. The Bertz CT molecular complexity index is 89.3. The molecule has 0 aliphatic carbocycles. The van der Waals surface area contributed by atoms with Gasteiger partial charge in [-0.3, -0.25) is 0 Å². The Morgan fingerprint density at radius 2 is 2.40 bits per heavy atom. The van der Waals surface area contributed by atoms with Gasteiger partial charge in [0.15, 0.2) is 0 Å². The van der Waals surface area contributed by atoms with Gasteiger partial charge >= 0.3 is 0 Å². The molecule has 1 heterocycles. The standard InChI is InChI=1S/C8H16O2/c1-3-4-5-9-7(2)8-6-10-8/h7-8H,3-6H2,1-2H3/t7-,8+/m1/s1. The normalized spacial score (nSPS) is 26.4. The fourth-order valence-corrected chi connectivity index (χ4v) is 0.847. The Morgan fingerprint density at radius 1 is 1.70 bits per heavy atom. The molecule has 60 valence electrons. The highest BCUT2D eigenvalue weighted by Gasteiger charge is 2.29. The summed E-state index contributed by atoms with van der Waals surface area (Å²) in [6, 6.07) is 0. The quantitative estimate of drug-likeness (QED) is 0.431. The number of unbranched alkanes of at least 4 members (excludes halogenated alkanes) is 1. The fraction of sp³-hybridized carbons (Fsp3) is 1.00. The molecular formula is C8H16O2. The van der Waals surface area contributed by atoms with Gasteiger partial charge in [0.1, 0.15) is 6.10 Å². The van der Waals surface area contributed by atoms with Crippen molar-refractivity contribution in [2.45, 2.75) is 38.9 Å². The van der Waals surface area contributed by atoms with Crippen LogP contribution in [0, 0.1) is 0 Å². The van der Waals surface area contributed by atoms with Gasteiger partial charge in [0.2, 0.25) is 0 Å². The minimum Gasteiger partial charge on any atom is -0.376 e. The monoisotopic (exact) mass is 144 g/mol. The van der Waals surface area contributed by atoms with Gasteiger partial charge in [0.05, 0.1) is 12.7 Å². The van der Waals surface area contributed by atoms with Gasteiger partial charge in [0.25, 0.3) is 0 Å². The number of epoxide rings is 1. The molecule has 0 saturated carbocycles. The van der Waals surface area contributed by atoms with E-state index >= 15 is 0 Å². The van der Waals surface area contributed by atoms with E-state index in [1.54, 1.807) is 0 Å². The molecule has 1 aliphatic heterocycles. The van der Waals surface area contributed by atoms with Crippen LogP contribution in [-0.2, 0) is 9.47 Å². The number of hydrogen-bond donors (Lipinski definition) is 0. The Kier molecular flexibility index (Phi) is 3.16. The van der Waals surface area contributed by atoms with Gasteiger partial charge in [-0.25, -0.2) is 0 Å². The largest absolute Gasteiger partial charge is 0.376 e. The third-order valence-corrected chi connectivity index (χ3v) is 1.76. The van der Waals surface area contributed by atoms with Crippen molar-refractivity contribution in [2.24, 2.45) is 0 Å². The zero-order valence-electron chi connectivity index (χ0n) is 6.80. The van der Waals surface area contributed by atoms with Crippen LogP contribution in [0.4, 0.5) is 0 Å². The van der Waals surface area contributed by atoms with Crippen molar-refractivity contribution in [1.29, 1.82) is 0 Å². The first-order valence-electron chi connectivity index (χ1n) is 4.07. The first-order valence-corrected chi connectivity index (χ1v) is 4.07. The zero-order chi connectivity index (χ0) is 7.40. The third kappa shape index (κ3) is 2.67. The average molecular weight is 144 g/mol. The predicted octanol–water partition coefficient (Wildman–Crippen LogP) is 1.59. The Hall–Kier alpha value is -0.0800. The summed E-state index contributed by atoms with van der Waals surface area (Å²) >= 11 is 0. The molecule has 0 aromatic rings. The van der Waals surface area contributed by atoms with Crippen LogP contribution in [0.2, 0.25) is 0 Å². The van der Waals surface area contributed by atoms with Crippen molar-refractivity contribution in [1.82, 2.24) is 0 Å². The summed E-state index contributed by atoms with van der Waals surface area (Å²) < 4.78 is 10.6. The van der Waals surface area contributed by atoms with E-state index in [-0.39, 0.29) is 0 Å². The lowest BCUT2D eigenvalue weighted by Gasteiger charge is -2.08. The molecule has 10 heavy (non-hydrogen) atoms. The second kappa shape index (κ2) is 3.94. The fourth-order valence-electron chi connectivity index (χ4n) is 0.847. The molecule has 0 unspecified atom stereocenters. The summed E-state index contributed by atoms with van der Waals surface area (Å²) in [5, 5.41) is 0. The highest BCUT2D eigenvalue weighted by molar-refractivity contribution is 4.75. The van der Waals surface area contributed by atoms with E-state index in [9.17, 15) is 0 Å². The molecule has 1 saturated heterocycles.